The number of aryl methyl sites for hydroxylation is 2. The lowest BCUT2D eigenvalue weighted by Gasteiger charge is -2.10. The topological polar surface area (TPSA) is 3.88 Å². The molecule has 38 heavy (non-hydrogen) atoms. The predicted octanol–water partition coefficient (Wildman–Crippen LogP) is 12.3. The largest absolute Gasteiger partial charge is 0.202 e. The van der Waals surface area contributed by atoms with Crippen LogP contribution in [0.25, 0.3) is 0 Å². The van der Waals surface area contributed by atoms with Crippen molar-refractivity contribution in [1.29, 1.82) is 0 Å². The molecule has 0 amide bonds. The molecule has 0 N–H and O–H groups in total. The van der Waals surface area contributed by atoms with Crippen molar-refractivity contribution in [2.75, 3.05) is 0 Å². The fourth-order valence-electron chi connectivity index (χ4n) is 6.02. The minimum Gasteiger partial charge on any atom is -0.202 e. The summed E-state index contributed by atoms with van der Waals surface area (Å²) in [4.78, 5) is 0. The third-order valence-electron chi connectivity index (χ3n) is 8.60. The van der Waals surface area contributed by atoms with Crippen LogP contribution >= 0.6 is 0 Å². The van der Waals surface area contributed by atoms with E-state index in [0.29, 0.717) is 0 Å². The second-order valence-corrected chi connectivity index (χ2v) is 12.3. The molecule has 0 unspecified atom stereocenters. The van der Waals surface area contributed by atoms with E-state index in [9.17, 15) is 0 Å². The molecule has 0 aliphatic rings. The van der Waals surface area contributed by atoms with E-state index in [-0.39, 0.29) is 0 Å². The quantitative estimate of drug-likeness (QED) is 0.0719. The molecule has 1 heterocycles. The lowest BCUT2D eigenvalue weighted by atomic mass is 9.99. The summed E-state index contributed by atoms with van der Waals surface area (Å²) in [6, 6.07) is 4.78. The van der Waals surface area contributed by atoms with Crippen LogP contribution in [0.3, 0.4) is 0 Å². The molecule has 222 valence electrons. The monoisotopic (exact) mass is 529 g/mol. The Bertz CT molecular complexity index is 607. The first-order valence-corrected chi connectivity index (χ1v) is 17.8. The molecule has 0 fully saturated rings. The zero-order chi connectivity index (χ0) is 27.4. The van der Waals surface area contributed by atoms with Gasteiger partial charge in [-0.2, -0.15) is 0 Å². The van der Waals surface area contributed by atoms with Crippen molar-refractivity contribution < 1.29 is 4.57 Å². The van der Waals surface area contributed by atoms with Gasteiger partial charge in [0.15, 0.2) is 11.9 Å². The van der Waals surface area contributed by atoms with E-state index in [0.717, 1.165) is 0 Å². The van der Waals surface area contributed by atoms with Crippen molar-refractivity contribution in [3.8, 4) is 0 Å². The van der Waals surface area contributed by atoms with Gasteiger partial charge in [-0.1, -0.05) is 162 Å². The number of hydrogen-bond acceptors (Lipinski definition) is 0. The maximum atomic E-state index is 2.65. The summed E-state index contributed by atoms with van der Waals surface area (Å²) in [5.74, 6) is 0. The van der Waals surface area contributed by atoms with E-state index in [2.05, 4.69) is 43.7 Å². The van der Waals surface area contributed by atoms with Crippen LogP contribution in [0.4, 0.5) is 0 Å². The Morgan fingerprint density at radius 3 is 1.24 bits per heavy atom. The molecule has 1 aromatic heterocycles. The van der Waals surface area contributed by atoms with Crippen LogP contribution in [0.15, 0.2) is 18.3 Å². The van der Waals surface area contributed by atoms with Crippen LogP contribution in [0.1, 0.15) is 199 Å². The molecule has 0 radical (unpaired) electrons. The zero-order valence-electron chi connectivity index (χ0n) is 26.7. The third kappa shape index (κ3) is 20.1. The van der Waals surface area contributed by atoms with Crippen molar-refractivity contribution in [1.82, 2.24) is 0 Å². The molecule has 0 aliphatic carbocycles. The summed E-state index contributed by atoms with van der Waals surface area (Å²) >= 11 is 0. The first-order valence-electron chi connectivity index (χ1n) is 17.8. The van der Waals surface area contributed by atoms with Gasteiger partial charge in [0.2, 0.25) is 0 Å². The van der Waals surface area contributed by atoms with Crippen LogP contribution in [-0.2, 0) is 19.4 Å². The summed E-state index contributed by atoms with van der Waals surface area (Å²) in [5, 5.41) is 0. The molecule has 1 heteroatoms. The molecule has 0 atom stereocenters. The van der Waals surface area contributed by atoms with Gasteiger partial charge in [0, 0.05) is 24.5 Å². The van der Waals surface area contributed by atoms with Gasteiger partial charge in [-0.15, -0.1) is 0 Å². The second kappa shape index (κ2) is 27.7. The minimum absolute atomic E-state index is 1.23. The number of aromatic nitrogens is 1. The SMILES string of the molecule is CCCCCCCCCCCCCCCC[n+]1cccc(CCCCCCCC)c1CCCCCCCC. The van der Waals surface area contributed by atoms with E-state index in [1.807, 2.05) is 0 Å². The van der Waals surface area contributed by atoms with Gasteiger partial charge in [0.25, 0.3) is 0 Å². The fraction of sp³-hybridized carbons (Fsp3) is 0.865. The normalized spacial score (nSPS) is 11.4. The third-order valence-corrected chi connectivity index (χ3v) is 8.60. The average molecular weight is 529 g/mol. The Labute approximate surface area is 241 Å². The van der Waals surface area contributed by atoms with Crippen molar-refractivity contribution in [2.45, 2.75) is 207 Å². The zero-order valence-corrected chi connectivity index (χ0v) is 26.7. The van der Waals surface area contributed by atoms with Gasteiger partial charge in [0.1, 0.15) is 6.54 Å². The van der Waals surface area contributed by atoms with Crippen molar-refractivity contribution in [2.24, 2.45) is 0 Å². The summed E-state index contributed by atoms with van der Waals surface area (Å²) < 4.78 is 2.65. The first kappa shape index (κ1) is 35.2. The number of pyridine rings is 1. The van der Waals surface area contributed by atoms with Gasteiger partial charge in [-0.05, 0) is 31.7 Å². The lowest BCUT2D eigenvalue weighted by Crippen LogP contribution is -2.39. The predicted molar refractivity (Wildman–Crippen MR) is 171 cm³/mol. The average Bonchev–Trinajstić information content (AvgIpc) is 2.93. The molecule has 0 saturated carbocycles. The van der Waals surface area contributed by atoms with Crippen molar-refractivity contribution in [3.63, 3.8) is 0 Å². The van der Waals surface area contributed by atoms with Crippen LogP contribution in [0, 0.1) is 0 Å². The molecule has 0 spiro atoms. The van der Waals surface area contributed by atoms with E-state index in [1.165, 1.54) is 186 Å². The maximum absolute atomic E-state index is 2.65. The molecule has 0 aromatic carbocycles. The summed E-state index contributed by atoms with van der Waals surface area (Å²) in [5.41, 5.74) is 3.33. The number of unbranched alkanes of at least 4 members (excludes halogenated alkanes) is 23. The van der Waals surface area contributed by atoms with Crippen molar-refractivity contribution >= 4 is 0 Å². The van der Waals surface area contributed by atoms with Gasteiger partial charge >= 0.3 is 0 Å². The standard InChI is InChI=1S/C37H70N/c1-4-7-10-13-16-17-18-19-20-21-22-23-26-29-34-38-35-30-32-36(31-27-24-14-11-8-5-2)37(38)33-28-25-15-12-9-6-3/h30,32,35H,4-29,31,33-34H2,1-3H3/q+1. The van der Waals surface area contributed by atoms with E-state index in [1.54, 1.807) is 11.3 Å². The van der Waals surface area contributed by atoms with Crippen LogP contribution in [0.5, 0.6) is 0 Å². The molecule has 1 nitrogen and oxygen atoms in total. The van der Waals surface area contributed by atoms with Gasteiger partial charge in [0.05, 0.1) is 0 Å². The second-order valence-electron chi connectivity index (χ2n) is 12.3. The van der Waals surface area contributed by atoms with E-state index < -0.39 is 0 Å². The highest BCUT2D eigenvalue weighted by atomic mass is 15.0. The fourth-order valence-corrected chi connectivity index (χ4v) is 6.02. The smallest absolute Gasteiger partial charge is 0.184 e. The molecular formula is C37H70N+. The first-order chi connectivity index (χ1) is 18.8. The van der Waals surface area contributed by atoms with Crippen molar-refractivity contribution in [3.05, 3.63) is 29.6 Å². The molecule has 1 rings (SSSR count). The highest BCUT2D eigenvalue weighted by molar-refractivity contribution is 5.16. The van der Waals surface area contributed by atoms with Crippen LogP contribution in [-0.4, -0.2) is 0 Å². The Hall–Kier alpha value is -0.850. The Morgan fingerprint density at radius 1 is 0.421 bits per heavy atom. The number of rotatable bonds is 29. The molecule has 0 bridgehead atoms. The van der Waals surface area contributed by atoms with Gasteiger partial charge in [-0.3, -0.25) is 0 Å². The molecular weight excluding hydrogens is 458 g/mol. The van der Waals surface area contributed by atoms with Crippen LogP contribution < -0.4 is 4.57 Å². The number of nitrogens with zero attached hydrogens (tertiary/aromatic N) is 1. The van der Waals surface area contributed by atoms with Gasteiger partial charge in [-0.25, -0.2) is 4.57 Å². The highest BCUT2D eigenvalue weighted by Gasteiger charge is 2.15. The Morgan fingerprint density at radius 2 is 0.789 bits per heavy atom. The summed E-state index contributed by atoms with van der Waals surface area (Å²) in [6.45, 7) is 8.17. The molecule has 1 aromatic rings. The Balaban J connectivity index is 2.31. The van der Waals surface area contributed by atoms with E-state index >= 15 is 0 Å². The van der Waals surface area contributed by atoms with Gasteiger partial charge < -0.3 is 0 Å². The maximum Gasteiger partial charge on any atom is 0.184 e. The molecule has 0 aliphatic heterocycles. The Kier molecular flexibility index (Phi) is 25.6. The summed E-state index contributed by atoms with van der Waals surface area (Å²) in [6.07, 6.45) is 41.9. The minimum atomic E-state index is 1.23. The number of hydrogen-bond donors (Lipinski definition) is 0. The molecule has 0 saturated heterocycles. The summed E-state index contributed by atoms with van der Waals surface area (Å²) in [7, 11) is 0. The van der Waals surface area contributed by atoms with Crippen LogP contribution in [0.2, 0.25) is 0 Å². The lowest BCUT2D eigenvalue weighted by molar-refractivity contribution is -0.705. The highest BCUT2D eigenvalue weighted by Crippen LogP contribution is 2.16. The van der Waals surface area contributed by atoms with E-state index in [4.69, 9.17) is 0 Å².